The predicted octanol–water partition coefficient (Wildman–Crippen LogP) is 4.39. The number of amides is 1. The van der Waals surface area contributed by atoms with E-state index >= 15 is 0 Å². The average Bonchev–Trinajstić information content (AvgIpc) is 3.16. The molecular weight excluding hydrogens is 458 g/mol. The second kappa shape index (κ2) is 9.12. The number of piperidine rings is 1. The number of aromatic nitrogens is 1. The highest BCUT2D eigenvalue weighted by Gasteiger charge is 2.32. The summed E-state index contributed by atoms with van der Waals surface area (Å²) in [4.78, 5) is 17.4. The predicted molar refractivity (Wildman–Crippen MR) is 122 cm³/mol. The third-order valence-electron chi connectivity index (χ3n) is 5.18. The summed E-state index contributed by atoms with van der Waals surface area (Å²) in [6.07, 6.45) is 0.913. The summed E-state index contributed by atoms with van der Waals surface area (Å²) >= 11 is 7.24. The quantitative estimate of drug-likeness (QED) is 0.566. The standard InChI is InChI=1S/C21H22ClN3O4S2/c1-2-29-16-5-8-18-19(13-16)30-21(23-18)24-20(26)14-9-11-25(12-10-14)31(27,28)17-6-3-15(22)4-7-17/h3-8,13-14H,2,9-12H2,1H3,(H,23,24,26). The van der Waals surface area contributed by atoms with Gasteiger partial charge in [-0.2, -0.15) is 4.31 Å². The lowest BCUT2D eigenvalue weighted by Gasteiger charge is -2.30. The Labute approximate surface area is 190 Å². The van der Waals surface area contributed by atoms with Crippen LogP contribution in [0.5, 0.6) is 5.75 Å². The van der Waals surface area contributed by atoms with Crippen molar-refractivity contribution >= 4 is 54.2 Å². The van der Waals surface area contributed by atoms with Gasteiger partial charge in [0.05, 0.1) is 21.7 Å². The molecule has 164 valence electrons. The molecule has 31 heavy (non-hydrogen) atoms. The number of sulfonamides is 1. The first kappa shape index (κ1) is 22.0. The van der Waals surface area contributed by atoms with Crippen molar-refractivity contribution in [2.45, 2.75) is 24.7 Å². The lowest BCUT2D eigenvalue weighted by atomic mass is 9.97. The molecule has 0 bridgehead atoms. The minimum absolute atomic E-state index is 0.132. The topological polar surface area (TPSA) is 88.6 Å². The summed E-state index contributed by atoms with van der Waals surface area (Å²) in [6.45, 7) is 3.09. The fraction of sp³-hybridized carbons (Fsp3) is 0.333. The Balaban J connectivity index is 1.38. The number of halogens is 1. The van der Waals surface area contributed by atoms with Crippen molar-refractivity contribution in [2.75, 3.05) is 25.0 Å². The molecular formula is C21H22ClN3O4S2. The molecule has 0 atom stereocenters. The molecule has 0 radical (unpaired) electrons. The van der Waals surface area contributed by atoms with Crippen molar-refractivity contribution in [3.05, 3.63) is 47.5 Å². The molecule has 0 spiro atoms. The molecule has 1 aliphatic rings. The highest BCUT2D eigenvalue weighted by Crippen LogP contribution is 2.31. The summed E-state index contributed by atoms with van der Waals surface area (Å²) in [5.74, 6) is 0.376. The number of rotatable bonds is 6. The van der Waals surface area contributed by atoms with Crippen LogP contribution in [0, 0.1) is 5.92 Å². The lowest BCUT2D eigenvalue weighted by molar-refractivity contribution is -0.120. The van der Waals surface area contributed by atoms with E-state index in [-0.39, 0.29) is 16.7 Å². The van der Waals surface area contributed by atoms with Gasteiger partial charge in [0.2, 0.25) is 15.9 Å². The molecule has 1 N–H and O–H groups in total. The van der Waals surface area contributed by atoms with Crippen LogP contribution in [0.25, 0.3) is 10.2 Å². The average molecular weight is 480 g/mol. The van der Waals surface area contributed by atoms with E-state index in [4.69, 9.17) is 16.3 Å². The number of ether oxygens (including phenoxy) is 1. The lowest BCUT2D eigenvalue weighted by Crippen LogP contribution is -2.41. The number of carbonyl (C=O) groups excluding carboxylic acids is 1. The maximum absolute atomic E-state index is 12.8. The molecule has 0 aliphatic carbocycles. The van der Waals surface area contributed by atoms with E-state index in [1.165, 1.54) is 27.8 Å². The zero-order valence-corrected chi connectivity index (χ0v) is 19.3. The number of nitrogens with zero attached hydrogens (tertiary/aromatic N) is 2. The summed E-state index contributed by atoms with van der Waals surface area (Å²) in [5, 5.41) is 3.91. The first-order valence-electron chi connectivity index (χ1n) is 9.97. The van der Waals surface area contributed by atoms with E-state index in [9.17, 15) is 13.2 Å². The molecule has 1 fully saturated rings. The van der Waals surface area contributed by atoms with Crippen LogP contribution in [0.15, 0.2) is 47.4 Å². The Bertz CT molecular complexity index is 1190. The van der Waals surface area contributed by atoms with Crippen molar-refractivity contribution in [2.24, 2.45) is 5.92 Å². The van der Waals surface area contributed by atoms with E-state index in [0.717, 1.165) is 16.0 Å². The number of carbonyl (C=O) groups is 1. The van der Waals surface area contributed by atoms with Crippen LogP contribution in [0.1, 0.15) is 19.8 Å². The van der Waals surface area contributed by atoms with Crippen LogP contribution in [-0.4, -0.2) is 43.3 Å². The molecule has 1 amide bonds. The number of thiazole rings is 1. The van der Waals surface area contributed by atoms with E-state index < -0.39 is 10.0 Å². The van der Waals surface area contributed by atoms with Gasteiger partial charge in [-0.15, -0.1) is 0 Å². The minimum Gasteiger partial charge on any atom is -0.494 e. The van der Waals surface area contributed by atoms with E-state index in [0.29, 0.717) is 42.7 Å². The highest BCUT2D eigenvalue weighted by molar-refractivity contribution is 7.89. The van der Waals surface area contributed by atoms with Crippen LogP contribution in [0.3, 0.4) is 0 Å². The van der Waals surface area contributed by atoms with Crippen LogP contribution >= 0.6 is 22.9 Å². The first-order valence-corrected chi connectivity index (χ1v) is 12.6. The van der Waals surface area contributed by atoms with Crippen molar-refractivity contribution in [1.29, 1.82) is 0 Å². The fourth-order valence-corrected chi connectivity index (χ4v) is 6.03. The zero-order chi connectivity index (χ0) is 22.0. The SMILES string of the molecule is CCOc1ccc2nc(NC(=O)C3CCN(S(=O)(=O)c4ccc(Cl)cc4)CC3)sc2c1. The van der Waals surface area contributed by atoms with Gasteiger partial charge in [0.1, 0.15) is 5.75 Å². The second-order valence-electron chi connectivity index (χ2n) is 7.20. The summed E-state index contributed by atoms with van der Waals surface area (Å²) < 4.78 is 33.5. The van der Waals surface area contributed by atoms with Gasteiger partial charge in [-0.25, -0.2) is 13.4 Å². The van der Waals surface area contributed by atoms with E-state index in [1.54, 1.807) is 12.1 Å². The third kappa shape index (κ3) is 4.85. The summed E-state index contributed by atoms with van der Waals surface area (Å²) in [5.41, 5.74) is 0.799. The molecule has 1 aliphatic heterocycles. The van der Waals surface area contributed by atoms with Gasteiger partial charge < -0.3 is 10.1 Å². The largest absolute Gasteiger partial charge is 0.494 e. The number of anilines is 1. The number of fused-ring (bicyclic) bond motifs is 1. The molecule has 0 saturated carbocycles. The van der Waals surface area contributed by atoms with Gasteiger partial charge in [0, 0.05) is 24.0 Å². The highest BCUT2D eigenvalue weighted by atomic mass is 35.5. The molecule has 1 saturated heterocycles. The minimum atomic E-state index is -3.59. The summed E-state index contributed by atoms with van der Waals surface area (Å²) in [6, 6.07) is 11.8. The second-order valence-corrected chi connectivity index (χ2v) is 10.6. The smallest absolute Gasteiger partial charge is 0.243 e. The molecule has 3 aromatic rings. The third-order valence-corrected chi connectivity index (χ3v) is 8.28. The molecule has 7 nitrogen and oxygen atoms in total. The van der Waals surface area contributed by atoms with E-state index in [2.05, 4.69) is 10.3 Å². The normalized spacial score (nSPS) is 15.8. The van der Waals surface area contributed by atoms with Gasteiger partial charge in [-0.05, 0) is 62.2 Å². The van der Waals surface area contributed by atoms with Crippen LogP contribution in [0.2, 0.25) is 5.02 Å². The molecule has 0 unspecified atom stereocenters. The maximum atomic E-state index is 12.8. The Kier molecular flexibility index (Phi) is 6.47. The Morgan fingerprint density at radius 3 is 2.61 bits per heavy atom. The Morgan fingerprint density at radius 2 is 1.94 bits per heavy atom. The van der Waals surface area contributed by atoms with Crippen molar-refractivity contribution in [3.63, 3.8) is 0 Å². The van der Waals surface area contributed by atoms with Gasteiger partial charge >= 0.3 is 0 Å². The Hall–Kier alpha value is -2.20. The number of benzene rings is 2. The van der Waals surface area contributed by atoms with E-state index in [1.807, 2.05) is 25.1 Å². The van der Waals surface area contributed by atoms with Gasteiger partial charge in [-0.3, -0.25) is 4.79 Å². The van der Waals surface area contributed by atoms with Crippen LogP contribution < -0.4 is 10.1 Å². The monoisotopic (exact) mass is 479 g/mol. The van der Waals surface area contributed by atoms with Crippen LogP contribution in [0.4, 0.5) is 5.13 Å². The molecule has 2 heterocycles. The molecule has 2 aromatic carbocycles. The van der Waals surface area contributed by atoms with Crippen molar-refractivity contribution in [1.82, 2.24) is 9.29 Å². The fourth-order valence-electron chi connectivity index (χ4n) is 3.54. The Morgan fingerprint density at radius 1 is 1.23 bits per heavy atom. The number of hydrogen-bond acceptors (Lipinski definition) is 6. The zero-order valence-electron chi connectivity index (χ0n) is 16.9. The maximum Gasteiger partial charge on any atom is 0.243 e. The van der Waals surface area contributed by atoms with Crippen LogP contribution in [-0.2, 0) is 14.8 Å². The molecule has 4 rings (SSSR count). The number of nitrogens with one attached hydrogen (secondary N) is 1. The first-order chi connectivity index (χ1) is 14.9. The van der Waals surface area contributed by atoms with Crippen molar-refractivity contribution < 1.29 is 17.9 Å². The van der Waals surface area contributed by atoms with Gasteiger partial charge in [0.25, 0.3) is 0 Å². The summed E-state index contributed by atoms with van der Waals surface area (Å²) in [7, 11) is -3.59. The van der Waals surface area contributed by atoms with Gasteiger partial charge in [0.15, 0.2) is 5.13 Å². The van der Waals surface area contributed by atoms with Crippen molar-refractivity contribution in [3.8, 4) is 5.75 Å². The molecule has 1 aromatic heterocycles. The molecule has 10 heteroatoms. The number of hydrogen-bond donors (Lipinski definition) is 1. The van der Waals surface area contributed by atoms with Gasteiger partial charge in [-0.1, -0.05) is 22.9 Å².